The topological polar surface area (TPSA) is 83.0 Å². The maximum atomic E-state index is 13.8. The van der Waals surface area contributed by atoms with Crippen molar-refractivity contribution in [2.24, 2.45) is 0 Å². The van der Waals surface area contributed by atoms with Crippen LogP contribution >= 0.6 is 12.2 Å². The standard InChI is InChI=1S/C25H22F2N6OS/c26-22(27)21-13-20(16-8-2-1-3-9-16)29-23-18(14-28-33(21)23)24(34)31-32-25(35)30-19-12-6-10-15-7-4-5-11-17(15)19/h1-12,14,20-22,29H,13H2,(H,31,34)(H2,30,32,35)/t20-,21-/m0/s1. The van der Waals surface area contributed by atoms with E-state index in [9.17, 15) is 13.6 Å². The molecule has 5 rings (SSSR count). The van der Waals surface area contributed by atoms with Crippen LogP contribution in [0, 0.1) is 0 Å². The van der Waals surface area contributed by atoms with E-state index in [1.807, 2.05) is 72.8 Å². The Balaban J connectivity index is 1.30. The number of hydrogen-bond donors (Lipinski definition) is 4. The van der Waals surface area contributed by atoms with Crippen LogP contribution in [0.15, 0.2) is 79.0 Å². The van der Waals surface area contributed by atoms with Gasteiger partial charge in [-0.3, -0.25) is 15.6 Å². The van der Waals surface area contributed by atoms with Crippen molar-refractivity contribution >= 4 is 45.5 Å². The number of hydrazine groups is 1. The molecule has 2 atom stereocenters. The number of benzene rings is 3. The first-order chi connectivity index (χ1) is 17.0. The van der Waals surface area contributed by atoms with Gasteiger partial charge in [0, 0.05) is 11.1 Å². The summed E-state index contributed by atoms with van der Waals surface area (Å²) in [5.41, 5.74) is 6.98. The molecule has 4 N–H and O–H groups in total. The molecule has 4 aromatic rings. The molecule has 0 radical (unpaired) electrons. The zero-order valence-electron chi connectivity index (χ0n) is 18.4. The van der Waals surface area contributed by atoms with Gasteiger partial charge in [0.05, 0.1) is 12.2 Å². The maximum absolute atomic E-state index is 13.8. The Labute approximate surface area is 205 Å². The Bertz CT molecular complexity index is 1370. The molecule has 1 aromatic heterocycles. The zero-order chi connectivity index (χ0) is 24.4. The first kappa shape index (κ1) is 22.7. The monoisotopic (exact) mass is 492 g/mol. The van der Waals surface area contributed by atoms with E-state index >= 15 is 0 Å². The third-order valence-electron chi connectivity index (χ3n) is 5.96. The Morgan fingerprint density at radius 3 is 2.57 bits per heavy atom. The summed E-state index contributed by atoms with van der Waals surface area (Å²) < 4.78 is 28.9. The molecule has 0 aliphatic carbocycles. The summed E-state index contributed by atoms with van der Waals surface area (Å²) in [6, 6.07) is 21.4. The van der Waals surface area contributed by atoms with Gasteiger partial charge >= 0.3 is 0 Å². The fraction of sp³-hybridized carbons (Fsp3) is 0.160. The Morgan fingerprint density at radius 1 is 1.03 bits per heavy atom. The second-order valence-corrected chi connectivity index (χ2v) is 8.56. The van der Waals surface area contributed by atoms with E-state index in [1.54, 1.807) is 0 Å². The summed E-state index contributed by atoms with van der Waals surface area (Å²) in [4.78, 5) is 12.9. The summed E-state index contributed by atoms with van der Waals surface area (Å²) in [7, 11) is 0. The Kier molecular flexibility index (Phi) is 6.28. The van der Waals surface area contributed by atoms with Crippen molar-refractivity contribution in [3.8, 4) is 0 Å². The van der Waals surface area contributed by atoms with Crippen LogP contribution in [0.25, 0.3) is 10.8 Å². The summed E-state index contributed by atoms with van der Waals surface area (Å²) in [6.45, 7) is 0. The predicted molar refractivity (Wildman–Crippen MR) is 135 cm³/mol. The number of fused-ring (bicyclic) bond motifs is 2. The number of nitrogens with zero attached hydrogens (tertiary/aromatic N) is 2. The number of nitrogens with one attached hydrogen (secondary N) is 4. The minimum Gasteiger partial charge on any atom is -0.363 e. The quantitative estimate of drug-likeness (QED) is 0.236. The fourth-order valence-corrected chi connectivity index (χ4v) is 4.43. The molecular formula is C25H22F2N6OS. The van der Waals surface area contributed by atoms with Gasteiger partial charge in [0.25, 0.3) is 12.3 Å². The summed E-state index contributed by atoms with van der Waals surface area (Å²) >= 11 is 5.33. The molecule has 178 valence electrons. The predicted octanol–water partition coefficient (Wildman–Crippen LogP) is 5.03. The van der Waals surface area contributed by atoms with Crippen molar-refractivity contribution in [2.45, 2.75) is 24.9 Å². The van der Waals surface area contributed by atoms with Crippen LogP contribution in [0.3, 0.4) is 0 Å². The molecule has 10 heteroatoms. The average Bonchev–Trinajstić information content (AvgIpc) is 3.31. The van der Waals surface area contributed by atoms with Crippen molar-refractivity contribution in [1.82, 2.24) is 20.6 Å². The molecule has 0 saturated heterocycles. The van der Waals surface area contributed by atoms with Gasteiger partial charge in [-0.15, -0.1) is 0 Å². The molecule has 1 aliphatic rings. The fourth-order valence-electron chi connectivity index (χ4n) is 4.27. The molecule has 0 unspecified atom stereocenters. The van der Waals surface area contributed by atoms with Crippen LogP contribution in [-0.2, 0) is 0 Å². The van der Waals surface area contributed by atoms with Gasteiger partial charge in [-0.2, -0.15) is 5.10 Å². The van der Waals surface area contributed by atoms with Crippen LogP contribution in [0.2, 0.25) is 0 Å². The molecule has 35 heavy (non-hydrogen) atoms. The number of halogens is 2. The molecule has 1 amide bonds. The highest BCUT2D eigenvalue weighted by Gasteiger charge is 2.36. The minimum atomic E-state index is -2.63. The van der Waals surface area contributed by atoms with Crippen molar-refractivity contribution in [1.29, 1.82) is 0 Å². The van der Waals surface area contributed by atoms with Crippen molar-refractivity contribution in [3.63, 3.8) is 0 Å². The molecule has 0 spiro atoms. The number of hydrogen-bond acceptors (Lipinski definition) is 4. The Hall–Kier alpha value is -4.05. The number of aromatic nitrogens is 2. The number of thiocarbonyl (C=S) groups is 1. The molecule has 3 aromatic carbocycles. The number of anilines is 2. The summed E-state index contributed by atoms with van der Waals surface area (Å²) in [6.07, 6.45) is -1.20. The zero-order valence-corrected chi connectivity index (χ0v) is 19.2. The maximum Gasteiger partial charge on any atom is 0.275 e. The number of carbonyl (C=O) groups is 1. The highest BCUT2D eigenvalue weighted by atomic mass is 32.1. The van der Waals surface area contributed by atoms with Crippen LogP contribution < -0.4 is 21.5 Å². The first-order valence-corrected chi connectivity index (χ1v) is 11.4. The lowest BCUT2D eigenvalue weighted by molar-refractivity contribution is 0.0656. The van der Waals surface area contributed by atoms with Crippen molar-refractivity contribution in [2.75, 3.05) is 10.6 Å². The van der Waals surface area contributed by atoms with E-state index in [4.69, 9.17) is 12.2 Å². The van der Waals surface area contributed by atoms with Gasteiger partial charge in [-0.05, 0) is 35.7 Å². The van der Waals surface area contributed by atoms with Crippen molar-refractivity contribution < 1.29 is 13.6 Å². The van der Waals surface area contributed by atoms with Crippen LogP contribution in [0.1, 0.15) is 34.4 Å². The lowest BCUT2D eigenvalue weighted by Crippen LogP contribution is -2.44. The lowest BCUT2D eigenvalue weighted by Gasteiger charge is -2.32. The highest BCUT2D eigenvalue weighted by molar-refractivity contribution is 7.80. The molecule has 0 fully saturated rings. The molecule has 0 saturated carbocycles. The summed E-state index contributed by atoms with van der Waals surface area (Å²) in [5, 5.41) is 12.5. The largest absolute Gasteiger partial charge is 0.363 e. The summed E-state index contributed by atoms with van der Waals surface area (Å²) in [5.74, 6) is -0.315. The van der Waals surface area contributed by atoms with E-state index in [-0.39, 0.29) is 29.0 Å². The second kappa shape index (κ2) is 9.67. The van der Waals surface area contributed by atoms with Gasteiger partial charge < -0.3 is 10.6 Å². The molecule has 1 aliphatic heterocycles. The SMILES string of the molecule is O=C(NNC(=S)Nc1cccc2ccccc12)c1cnn2c1N[C@H](c1ccccc1)C[C@H]2C(F)F. The normalized spacial score (nSPS) is 16.9. The van der Waals surface area contributed by atoms with Gasteiger partial charge in [0.2, 0.25) is 0 Å². The van der Waals surface area contributed by atoms with Gasteiger partial charge in [0.1, 0.15) is 17.4 Å². The number of alkyl halides is 2. The highest BCUT2D eigenvalue weighted by Crippen LogP contribution is 2.39. The van der Waals surface area contributed by atoms with E-state index in [2.05, 4.69) is 26.6 Å². The molecule has 2 heterocycles. The Morgan fingerprint density at radius 2 is 1.77 bits per heavy atom. The second-order valence-electron chi connectivity index (χ2n) is 8.16. The molecular weight excluding hydrogens is 470 g/mol. The number of carbonyl (C=O) groups excluding carboxylic acids is 1. The van der Waals surface area contributed by atoms with Crippen LogP contribution in [0.4, 0.5) is 20.3 Å². The lowest BCUT2D eigenvalue weighted by atomic mass is 9.97. The van der Waals surface area contributed by atoms with E-state index in [0.717, 1.165) is 22.0 Å². The van der Waals surface area contributed by atoms with E-state index < -0.39 is 18.4 Å². The van der Waals surface area contributed by atoms with E-state index in [1.165, 1.54) is 10.9 Å². The molecule has 7 nitrogen and oxygen atoms in total. The van der Waals surface area contributed by atoms with Crippen LogP contribution in [0.5, 0.6) is 0 Å². The van der Waals surface area contributed by atoms with Gasteiger partial charge in [-0.25, -0.2) is 13.5 Å². The van der Waals surface area contributed by atoms with E-state index in [0.29, 0.717) is 0 Å². The number of rotatable bonds is 4. The molecule has 0 bridgehead atoms. The van der Waals surface area contributed by atoms with Crippen molar-refractivity contribution in [3.05, 3.63) is 90.1 Å². The first-order valence-electron chi connectivity index (χ1n) is 11.0. The smallest absolute Gasteiger partial charge is 0.275 e. The van der Waals surface area contributed by atoms with Gasteiger partial charge in [0.15, 0.2) is 5.11 Å². The minimum absolute atomic E-state index is 0.136. The third-order valence-corrected chi connectivity index (χ3v) is 6.17. The van der Waals surface area contributed by atoms with Crippen LogP contribution in [-0.4, -0.2) is 27.2 Å². The number of amides is 1. The van der Waals surface area contributed by atoms with Gasteiger partial charge in [-0.1, -0.05) is 66.7 Å². The average molecular weight is 493 g/mol. The third kappa shape index (κ3) is 4.65.